The third kappa shape index (κ3) is 14.9. The number of hydrogen-bond acceptors (Lipinski definition) is 10. The minimum absolute atomic E-state index is 0.0600. The molecule has 18 heteroatoms. The molecule has 0 spiro atoms. The van der Waals surface area contributed by atoms with Crippen molar-refractivity contribution in [2.45, 2.75) is 117 Å². The molecule has 5 atom stereocenters. The first-order chi connectivity index (χ1) is 28.3. The zero-order chi connectivity index (χ0) is 46.4. The van der Waals surface area contributed by atoms with Gasteiger partial charge in [0.1, 0.15) is 18.1 Å². The van der Waals surface area contributed by atoms with Gasteiger partial charge in [-0.2, -0.15) is 0 Å². The standard InChI is InChI=1S/C43H63N7O11/c1-25(2)30(49(10)39(57)36(42(4,5)6)48-38(56)35(44-9)43(7,8)27-14-12-11-13-15-27)24-26(3)37(55)47-29(41(60)61)17-19-32(52)46-28(40(58)59)16-18-31(51)45-22-23-50-33(53)20-21-34(50)54/h11-15,20-21,24-25,28-30,35-36,44H,16-19,22-23H2,1-10H3,(H,45,51)(H,46,52)(H,47,55)(H,48,56)(H,58,59)(H,60,61)/b26-24+/t28-,29-,30-,35-,36?/m1/s1. The number of amides is 7. The largest absolute Gasteiger partial charge is 0.480 e. The van der Waals surface area contributed by atoms with Crippen molar-refractivity contribution in [3.8, 4) is 0 Å². The number of imide groups is 1. The number of carbonyl (C=O) groups is 9. The van der Waals surface area contributed by atoms with Gasteiger partial charge < -0.3 is 41.7 Å². The predicted molar refractivity (Wildman–Crippen MR) is 225 cm³/mol. The van der Waals surface area contributed by atoms with Crippen molar-refractivity contribution in [3.05, 3.63) is 59.7 Å². The molecular weight excluding hydrogens is 791 g/mol. The lowest BCUT2D eigenvalue weighted by Crippen LogP contribution is -2.61. The minimum atomic E-state index is -1.54. The monoisotopic (exact) mass is 853 g/mol. The SMILES string of the molecule is CN[C@H](C(=O)NC(C(=O)N(C)[C@H](/C=C(\C)C(=O)N[C@H](CCC(=O)N[C@H](CCC(=O)NCCN1C(=O)C=CC1=O)C(=O)O)C(=O)O)C(C)C)C(C)(C)C)C(C)(C)c1ccccc1. The summed E-state index contributed by atoms with van der Waals surface area (Å²) in [7, 11) is 3.25. The normalized spacial score (nSPS) is 15.7. The number of benzene rings is 1. The minimum Gasteiger partial charge on any atom is -0.480 e. The Balaban J connectivity index is 2.08. The van der Waals surface area contributed by atoms with Crippen LogP contribution in [0, 0.1) is 11.3 Å². The van der Waals surface area contributed by atoms with Crippen LogP contribution in [0.25, 0.3) is 0 Å². The second kappa shape index (κ2) is 22.6. The van der Waals surface area contributed by atoms with E-state index in [2.05, 4.69) is 26.6 Å². The van der Waals surface area contributed by atoms with Gasteiger partial charge in [0.25, 0.3) is 11.8 Å². The molecule has 1 heterocycles. The summed E-state index contributed by atoms with van der Waals surface area (Å²) in [5.41, 5.74) is -0.360. The van der Waals surface area contributed by atoms with E-state index in [9.17, 15) is 53.4 Å². The molecule has 1 aromatic carbocycles. The fraction of sp³-hybridized carbons (Fsp3) is 0.558. The van der Waals surface area contributed by atoms with Crippen LogP contribution in [0.1, 0.15) is 86.6 Å². The number of carboxylic acids is 2. The molecule has 1 aliphatic heterocycles. The average molecular weight is 854 g/mol. The zero-order valence-corrected chi connectivity index (χ0v) is 36.8. The van der Waals surface area contributed by atoms with Crippen LogP contribution in [0.2, 0.25) is 0 Å². The maximum Gasteiger partial charge on any atom is 0.326 e. The number of nitrogens with one attached hydrogen (secondary N) is 5. The van der Waals surface area contributed by atoms with Crippen LogP contribution in [0.3, 0.4) is 0 Å². The molecule has 2 rings (SSSR count). The van der Waals surface area contributed by atoms with E-state index in [1.165, 1.54) is 17.9 Å². The summed E-state index contributed by atoms with van der Waals surface area (Å²) < 4.78 is 0. The van der Waals surface area contributed by atoms with Gasteiger partial charge in [-0.05, 0) is 43.7 Å². The Morgan fingerprint density at radius 2 is 1.31 bits per heavy atom. The second-order valence-corrected chi connectivity index (χ2v) is 17.1. The first-order valence-corrected chi connectivity index (χ1v) is 20.2. The Labute approximate surface area is 357 Å². The Bertz CT molecular complexity index is 1840. The molecule has 0 radical (unpaired) electrons. The summed E-state index contributed by atoms with van der Waals surface area (Å²) in [6, 6.07) is 4.18. The van der Waals surface area contributed by atoms with E-state index in [1.54, 1.807) is 14.1 Å². The van der Waals surface area contributed by atoms with Crippen molar-refractivity contribution >= 4 is 53.3 Å². The van der Waals surface area contributed by atoms with Crippen molar-refractivity contribution in [2.24, 2.45) is 11.3 Å². The molecule has 1 aliphatic rings. The van der Waals surface area contributed by atoms with Crippen molar-refractivity contribution in [1.29, 1.82) is 0 Å². The third-order valence-corrected chi connectivity index (χ3v) is 10.6. The Morgan fingerprint density at radius 1 is 0.787 bits per heavy atom. The van der Waals surface area contributed by atoms with Crippen LogP contribution in [0.5, 0.6) is 0 Å². The highest BCUT2D eigenvalue weighted by molar-refractivity contribution is 6.12. The van der Waals surface area contributed by atoms with Crippen molar-refractivity contribution < 1.29 is 53.4 Å². The lowest BCUT2D eigenvalue weighted by atomic mass is 9.76. The molecule has 336 valence electrons. The number of carboxylic acid groups (broad SMARTS) is 2. The van der Waals surface area contributed by atoms with E-state index in [4.69, 9.17) is 0 Å². The number of nitrogens with zero attached hydrogens (tertiary/aromatic N) is 2. The summed E-state index contributed by atoms with van der Waals surface area (Å²) in [4.78, 5) is 116. The van der Waals surface area contributed by atoms with Gasteiger partial charge in [-0.15, -0.1) is 0 Å². The lowest BCUT2D eigenvalue weighted by molar-refractivity contribution is -0.143. The van der Waals surface area contributed by atoms with Crippen LogP contribution < -0.4 is 26.6 Å². The quantitative estimate of drug-likeness (QED) is 0.0607. The third-order valence-electron chi connectivity index (χ3n) is 10.6. The van der Waals surface area contributed by atoms with Gasteiger partial charge >= 0.3 is 11.9 Å². The maximum absolute atomic E-state index is 14.2. The zero-order valence-electron chi connectivity index (χ0n) is 36.8. The highest BCUT2D eigenvalue weighted by Crippen LogP contribution is 2.29. The van der Waals surface area contributed by atoms with E-state index in [1.807, 2.05) is 78.8 Å². The van der Waals surface area contributed by atoms with Gasteiger partial charge in [0.05, 0.1) is 12.1 Å². The predicted octanol–water partition coefficient (Wildman–Crippen LogP) is 1.25. The van der Waals surface area contributed by atoms with Crippen LogP contribution in [-0.4, -0.2) is 131 Å². The summed E-state index contributed by atoms with van der Waals surface area (Å²) in [6.07, 6.45) is 2.24. The molecule has 61 heavy (non-hydrogen) atoms. The Kier molecular flexibility index (Phi) is 19.0. The van der Waals surface area contributed by atoms with Crippen molar-refractivity contribution in [2.75, 3.05) is 27.2 Å². The second-order valence-electron chi connectivity index (χ2n) is 17.1. The molecule has 0 fully saturated rings. The van der Waals surface area contributed by atoms with Gasteiger partial charge in [0, 0.05) is 56.1 Å². The van der Waals surface area contributed by atoms with E-state index >= 15 is 0 Å². The Hall–Kier alpha value is -5.91. The number of aliphatic carboxylic acids is 2. The molecule has 1 unspecified atom stereocenters. The average Bonchev–Trinajstić information content (AvgIpc) is 3.50. The van der Waals surface area contributed by atoms with Gasteiger partial charge in [-0.25, -0.2) is 9.59 Å². The summed E-state index contributed by atoms with van der Waals surface area (Å²) >= 11 is 0. The molecule has 7 amide bonds. The first kappa shape index (κ1) is 51.2. The molecular formula is C43H63N7O11. The molecule has 0 bridgehead atoms. The fourth-order valence-electron chi connectivity index (χ4n) is 6.81. The van der Waals surface area contributed by atoms with Gasteiger partial charge in [-0.3, -0.25) is 38.5 Å². The van der Waals surface area contributed by atoms with Crippen molar-refractivity contribution in [3.63, 3.8) is 0 Å². The van der Waals surface area contributed by atoms with E-state index in [0.717, 1.165) is 22.6 Å². The topological polar surface area (TPSA) is 261 Å². The molecule has 7 N–H and O–H groups in total. The molecule has 18 nitrogen and oxygen atoms in total. The number of carbonyl (C=O) groups excluding carboxylic acids is 7. The summed E-state index contributed by atoms with van der Waals surface area (Å²) in [5, 5.41) is 32.7. The van der Waals surface area contributed by atoms with Crippen LogP contribution in [-0.2, 0) is 48.6 Å². The molecule has 0 aromatic heterocycles. The number of likely N-dealkylation sites (N-methyl/N-ethyl adjacent to an activating group) is 2. The number of hydrogen-bond donors (Lipinski definition) is 7. The lowest BCUT2D eigenvalue weighted by Gasteiger charge is -2.40. The summed E-state index contributed by atoms with van der Waals surface area (Å²) in [6.45, 7) is 14.4. The van der Waals surface area contributed by atoms with Crippen LogP contribution in [0.15, 0.2) is 54.1 Å². The smallest absolute Gasteiger partial charge is 0.326 e. The molecule has 0 saturated heterocycles. The number of rotatable bonds is 23. The molecule has 0 saturated carbocycles. The van der Waals surface area contributed by atoms with E-state index < -0.39 is 101 Å². The van der Waals surface area contributed by atoms with Crippen LogP contribution >= 0.6 is 0 Å². The van der Waals surface area contributed by atoms with E-state index in [-0.39, 0.29) is 43.3 Å². The first-order valence-electron chi connectivity index (χ1n) is 20.2. The highest BCUT2D eigenvalue weighted by Gasteiger charge is 2.42. The maximum atomic E-state index is 14.2. The van der Waals surface area contributed by atoms with E-state index in [0.29, 0.717) is 0 Å². The highest BCUT2D eigenvalue weighted by atomic mass is 16.4. The van der Waals surface area contributed by atoms with Gasteiger partial charge in [-0.1, -0.05) is 84.9 Å². The Morgan fingerprint density at radius 3 is 1.80 bits per heavy atom. The van der Waals surface area contributed by atoms with Gasteiger partial charge in [0.2, 0.25) is 29.5 Å². The van der Waals surface area contributed by atoms with Crippen LogP contribution in [0.4, 0.5) is 0 Å². The molecule has 1 aromatic rings. The summed E-state index contributed by atoms with van der Waals surface area (Å²) in [5.74, 6) is -7.10. The van der Waals surface area contributed by atoms with Crippen molar-refractivity contribution in [1.82, 2.24) is 36.4 Å². The molecule has 0 aliphatic carbocycles. The fourth-order valence-corrected chi connectivity index (χ4v) is 6.81. The van der Waals surface area contributed by atoms with Gasteiger partial charge in [0.15, 0.2) is 0 Å².